The van der Waals surface area contributed by atoms with E-state index < -0.39 is 0 Å². The monoisotopic (exact) mass is 200 g/mol. The van der Waals surface area contributed by atoms with Crippen molar-refractivity contribution < 1.29 is 4.74 Å². The van der Waals surface area contributed by atoms with Crippen molar-refractivity contribution in [2.75, 3.05) is 32.8 Å². The minimum atomic E-state index is 0.472. The van der Waals surface area contributed by atoms with Crippen LogP contribution in [0.25, 0.3) is 0 Å². The summed E-state index contributed by atoms with van der Waals surface area (Å²) in [5.74, 6) is 0.594. The summed E-state index contributed by atoms with van der Waals surface area (Å²) in [6, 6.07) is 0. The van der Waals surface area contributed by atoms with Gasteiger partial charge in [0.05, 0.1) is 6.10 Å². The topological polar surface area (TPSA) is 38.5 Å². The third-order valence-electron chi connectivity index (χ3n) is 2.91. The molecule has 1 saturated heterocycles. The molecule has 0 aromatic carbocycles. The Bertz CT molecular complexity index is 146. The normalized spacial score (nSPS) is 24.4. The highest BCUT2D eigenvalue weighted by molar-refractivity contribution is 4.71. The van der Waals surface area contributed by atoms with Crippen LogP contribution in [0.15, 0.2) is 0 Å². The van der Waals surface area contributed by atoms with Crippen molar-refractivity contribution in [1.82, 2.24) is 4.90 Å². The molecular weight excluding hydrogens is 176 g/mol. The van der Waals surface area contributed by atoms with Gasteiger partial charge in [-0.15, -0.1) is 0 Å². The van der Waals surface area contributed by atoms with Crippen molar-refractivity contribution in [3.05, 3.63) is 0 Å². The summed E-state index contributed by atoms with van der Waals surface area (Å²) in [6.45, 7) is 9.44. The van der Waals surface area contributed by atoms with Gasteiger partial charge < -0.3 is 15.4 Å². The maximum atomic E-state index is 5.63. The van der Waals surface area contributed by atoms with Gasteiger partial charge in [-0.2, -0.15) is 0 Å². The zero-order valence-electron chi connectivity index (χ0n) is 9.54. The number of likely N-dealkylation sites (N-methyl/N-ethyl adjacent to an activating group) is 1. The van der Waals surface area contributed by atoms with Gasteiger partial charge in [0, 0.05) is 19.7 Å². The molecule has 2 atom stereocenters. The Balaban J connectivity index is 2.22. The maximum Gasteiger partial charge on any atom is 0.0702 e. The van der Waals surface area contributed by atoms with E-state index in [9.17, 15) is 0 Å². The van der Waals surface area contributed by atoms with Crippen molar-refractivity contribution in [3.8, 4) is 0 Å². The maximum absolute atomic E-state index is 5.63. The molecule has 1 fully saturated rings. The molecular formula is C11H24N2O. The average molecular weight is 200 g/mol. The first kappa shape index (κ1) is 12.0. The van der Waals surface area contributed by atoms with Gasteiger partial charge in [-0.1, -0.05) is 13.8 Å². The van der Waals surface area contributed by atoms with E-state index in [0.29, 0.717) is 12.0 Å². The van der Waals surface area contributed by atoms with Gasteiger partial charge in [0.25, 0.3) is 0 Å². The first-order valence-corrected chi connectivity index (χ1v) is 5.80. The minimum Gasteiger partial charge on any atom is -0.377 e. The Morgan fingerprint density at radius 3 is 2.86 bits per heavy atom. The largest absolute Gasteiger partial charge is 0.377 e. The smallest absolute Gasteiger partial charge is 0.0702 e. The van der Waals surface area contributed by atoms with Crippen molar-refractivity contribution in [2.45, 2.75) is 32.8 Å². The van der Waals surface area contributed by atoms with Crippen LogP contribution in [0.3, 0.4) is 0 Å². The van der Waals surface area contributed by atoms with Crippen LogP contribution in [0.5, 0.6) is 0 Å². The summed E-state index contributed by atoms with van der Waals surface area (Å²) in [5.41, 5.74) is 5.63. The fourth-order valence-electron chi connectivity index (χ4n) is 1.92. The third-order valence-corrected chi connectivity index (χ3v) is 2.91. The highest BCUT2D eigenvalue weighted by Gasteiger charge is 2.19. The molecule has 0 aromatic rings. The molecule has 1 rings (SSSR count). The first-order chi connectivity index (χ1) is 6.76. The van der Waals surface area contributed by atoms with Crippen LogP contribution in [0.1, 0.15) is 26.7 Å². The molecule has 1 aliphatic rings. The fraction of sp³-hybridized carbons (Fsp3) is 1.00. The van der Waals surface area contributed by atoms with Gasteiger partial charge in [-0.25, -0.2) is 0 Å². The van der Waals surface area contributed by atoms with E-state index in [2.05, 4.69) is 18.7 Å². The Kier molecular flexibility index (Phi) is 5.45. The molecule has 3 nitrogen and oxygen atoms in total. The van der Waals surface area contributed by atoms with E-state index in [-0.39, 0.29) is 0 Å². The third kappa shape index (κ3) is 3.95. The van der Waals surface area contributed by atoms with Crippen molar-refractivity contribution >= 4 is 0 Å². The van der Waals surface area contributed by atoms with Gasteiger partial charge in [0.1, 0.15) is 0 Å². The van der Waals surface area contributed by atoms with Crippen LogP contribution in [-0.4, -0.2) is 43.8 Å². The van der Waals surface area contributed by atoms with E-state index in [1.165, 1.54) is 12.8 Å². The Morgan fingerprint density at radius 1 is 1.57 bits per heavy atom. The first-order valence-electron chi connectivity index (χ1n) is 5.80. The average Bonchev–Trinajstić information content (AvgIpc) is 2.69. The molecule has 0 amide bonds. The van der Waals surface area contributed by atoms with Gasteiger partial charge in [-0.3, -0.25) is 0 Å². The van der Waals surface area contributed by atoms with Crippen LogP contribution in [0.4, 0.5) is 0 Å². The second-order valence-corrected chi connectivity index (χ2v) is 4.33. The number of hydrogen-bond donors (Lipinski definition) is 1. The van der Waals surface area contributed by atoms with Crippen molar-refractivity contribution in [1.29, 1.82) is 0 Å². The van der Waals surface area contributed by atoms with E-state index in [1.807, 2.05) is 0 Å². The van der Waals surface area contributed by atoms with Gasteiger partial charge >= 0.3 is 0 Å². The molecule has 0 saturated carbocycles. The van der Waals surface area contributed by atoms with Crippen molar-refractivity contribution in [3.63, 3.8) is 0 Å². The molecule has 84 valence electrons. The summed E-state index contributed by atoms with van der Waals surface area (Å²) in [7, 11) is 0. The van der Waals surface area contributed by atoms with Crippen molar-refractivity contribution in [2.24, 2.45) is 11.7 Å². The van der Waals surface area contributed by atoms with Crippen LogP contribution in [0.2, 0.25) is 0 Å². The lowest BCUT2D eigenvalue weighted by atomic mass is 10.1. The Labute approximate surface area is 87.6 Å². The number of nitrogens with zero attached hydrogens (tertiary/aromatic N) is 1. The lowest BCUT2D eigenvalue weighted by Crippen LogP contribution is -2.36. The highest BCUT2D eigenvalue weighted by atomic mass is 16.5. The fourth-order valence-corrected chi connectivity index (χ4v) is 1.92. The van der Waals surface area contributed by atoms with Gasteiger partial charge in [0.2, 0.25) is 0 Å². The lowest BCUT2D eigenvalue weighted by Gasteiger charge is -2.26. The van der Waals surface area contributed by atoms with Gasteiger partial charge in [0.15, 0.2) is 0 Å². The minimum absolute atomic E-state index is 0.472. The summed E-state index contributed by atoms with van der Waals surface area (Å²) in [4.78, 5) is 2.45. The standard InChI is InChI=1S/C11H24N2O/c1-3-13(8-10(2)7-12)9-11-5-4-6-14-11/h10-11H,3-9,12H2,1-2H3. The Morgan fingerprint density at radius 2 is 2.36 bits per heavy atom. The second kappa shape index (κ2) is 6.38. The predicted molar refractivity (Wildman–Crippen MR) is 59.3 cm³/mol. The molecule has 1 heterocycles. The molecule has 14 heavy (non-hydrogen) atoms. The summed E-state index contributed by atoms with van der Waals surface area (Å²) in [5, 5.41) is 0. The molecule has 3 heteroatoms. The summed E-state index contributed by atoms with van der Waals surface area (Å²) >= 11 is 0. The Hall–Kier alpha value is -0.120. The summed E-state index contributed by atoms with van der Waals surface area (Å²) < 4.78 is 5.63. The molecule has 2 unspecified atom stereocenters. The van der Waals surface area contributed by atoms with E-state index >= 15 is 0 Å². The van der Waals surface area contributed by atoms with E-state index in [1.54, 1.807) is 0 Å². The second-order valence-electron chi connectivity index (χ2n) is 4.33. The molecule has 0 aliphatic carbocycles. The molecule has 2 N–H and O–H groups in total. The SMILES string of the molecule is CCN(CC(C)CN)CC1CCCO1. The van der Waals surface area contributed by atoms with Crippen LogP contribution in [-0.2, 0) is 4.74 Å². The predicted octanol–water partition coefficient (Wildman–Crippen LogP) is 1.08. The zero-order valence-corrected chi connectivity index (χ0v) is 9.54. The number of rotatable bonds is 6. The number of hydrogen-bond acceptors (Lipinski definition) is 3. The quantitative estimate of drug-likeness (QED) is 0.697. The summed E-state index contributed by atoms with van der Waals surface area (Å²) in [6.07, 6.45) is 2.93. The van der Waals surface area contributed by atoms with Crippen LogP contribution >= 0.6 is 0 Å². The molecule has 0 bridgehead atoms. The molecule has 0 spiro atoms. The number of ether oxygens (including phenoxy) is 1. The molecule has 0 aromatic heterocycles. The lowest BCUT2D eigenvalue weighted by molar-refractivity contribution is 0.0707. The van der Waals surface area contributed by atoms with Gasteiger partial charge in [-0.05, 0) is 31.8 Å². The molecule has 1 aliphatic heterocycles. The van der Waals surface area contributed by atoms with E-state index in [4.69, 9.17) is 10.5 Å². The van der Waals surface area contributed by atoms with E-state index in [0.717, 1.165) is 32.8 Å². The van der Waals surface area contributed by atoms with Crippen LogP contribution < -0.4 is 5.73 Å². The van der Waals surface area contributed by atoms with Crippen LogP contribution in [0, 0.1) is 5.92 Å². The molecule has 0 radical (unpaired) electrons. The highest BCUT2D eigenvalue weighted by Crippen LogP contribution is 2.13. The zero-order chi connectivity index (χ0) is 10.4. The number of nitrogens with two attached hydrogens (primary N) is 1.